The van der Waals surface area contributed by atoms with Gasteiger partial charge in [-0.3, -0.25) is 0 Å². The first-order valence-electron chi connectivity index (χ1n) is 5.94. The molecule has 0 saturated carbocycles. The second-order valence-electron chi connectivity index (χ2n) is 4.12. The van der Waals surface area contributed by atoms with Crippen LogP contribution in [0.2, 0.25) is 0 Å². The van der Waals surface area contributed by atoms with E-state index in [2.05, 4.69) is 5.32 Å². The monoisotopic (exact) mass is 300 g/mol. The number of anilines is 1. The molecule has 5 nitrogen and oxygen atoms in total. The van der Waals surface area contributed by atoms with Gasteiger partial charge in [0.2, 0.25) is 0 Å². The van der Waals surface area contributed by atoms with Gasteiger partial charge in [-0.2, -0.15) is 0 Å². The van der Waals surface area contributed by atoms with Crippen LogP contribution in [0.1, 0.15) is 15.2 Å². The molecule has 7 heteroatoms. The minimum absolute atomic E-state index is 0.350. The van der Waals surface area contributed by atoms with Crippen molar-refractivity contribution in [2.45, 2.75) is 6.92 Å². The molecular formula is C12H16N2O3S2. The predicted octanol–water partition coefficient (Wildman–Crippen LogP) is 1.87. The lowest BCUT2D eigenvalue weighted by molar-refractivity contribution is 0.0602. The van der Waals surface area contributed by atoms with Gasteiger partial charge in [0.05, 0.1) is 25.9 Å². The number of aryl methyl sites for hydroxylation is 1. The van der Waals surface area contributed by atoms with Crippen LogP contribution in [-0.4, -0.2) is 49.4 Å². The molecule has 1 aromatic heterocycles. The average Bonchev–Trinajstić information content (AvgIpc) is 2.79. The molecule has 2 heterocycles. The van der Waals surface area contributed by atoms with Crippen molar-refractivity contribution in [2.75, 3.05) is 38.7 Å². The maximum atomic E-state index is 11.7. The third-order valence-corrected chi connectivity index (χ3v) is 4.11. The van der Waals surface area contributed by atoms with Crippen LogP contribution in [0, 0.1) is 6.92 Å². The van der Waals surface area contributed by atoms with Gasteiger partial charge in [0.25, 0.3) is 0 Å². The fourth-order valence-corrected chi connectivity index (χ4v) is 3.06. The van der Waals surface area contributed by atoms with E-state index in [9.17, 15) is 4.79 Å². The van der Waals surface area contributed by atoms with E-state index in [1.165, 1.54) is 18.4 Å². The van der Waals surface area contributed by atoms with Crippen LogP contribution in [0.5, 0.6) is 0 Å². The smallest absolute Gasteiger partial charge is 0.340 e. The Morgan fingerprint density at radius 3 is 2.84 bits per heavy atom. The van der Waals surface area contributed by atoms with E-state index in [0.717, 1.165) is 23.0 Å². The number of nitrogens with zero attached hydrogens (tertiary/aromatic N) is 1. The van der Waals surface area contributed by atoms with Crippen LogP contribution in [0.15, 0.2) is 6.07 Å². The molecule has 19 heavy (non-hydrogen) atoms. The normalized spacial score (nSPS) is 15.2. The summed E-state index contributed by atoms with van der Waals surface area (Å²) in [6, 6.07) is 1.81. The molecule has 1 fully saturated rings. The van der Waals surface area contributed by atoms with E-state index in [0.29, 0.717) is 23.9 Å². The number of methoxy groups -OCH3 is 1. The SMILES string of the molecule is COC(=O)c1cc(C)sc1NC(=S)N1CCOCC1. The number of carbonyl (C=O) groups is 1. The van der Waals surface area contributed by atoms with Crippen LogP contribution >= 0.6 is 23.6 Å². The summed E-state index contributed by atoms with van der Waals surface area (Å²) in [7, 11) is 1.37. The van der Waals surface area contributed by atoms with Crippen molar-refractivity contribution in [2.24, 2.45) is 0 Å². The fraction of sp³-hybridized carbons (Fsp3) is 0.500. The first-order valence-corrected chi connectivity index (χ1v) is 7.16. The fourth-order valence-electron chi connectivity index (χ4n) is 1.81. The van der Waals surface area contributed by atoms with E-state index in [1.807, 2.05) is 11.8 Å². The molecule has 0 aliphatic carbocycles. The van der Waals surface area contributed by atoms with Gasteiger partial charge < -0.3 is 19.7 Å². The molecule has 0 aromatic carbocycles. The van der Waals surface area contributed by atoms with Gasteiger partial charge in [0, 0.05) is 18.0 Å². The Hall–Kier alpha value is -1.18. The number of esters is 1. The van der Waals surface area contributed by atoms with Crippen LogP contribution in [0.25, 0.3) is 0 Å². The standard InChI is InChI=1S/C12H16N2O3S2/c1-8-7-9(11(15)16-2)10(19-8)13-12(18)14-3-5-17-6-4-14/h7H,3-6H2,1-2H3,(H,13,18). The first-order chi connectivity index (χ1) is 9.11. The van der Waals surface area contributed by atoms with Gasteiger partial charge in [-0.1, -0.05) is 0 Å². The maximum Gasteiger partial charge on any atom is 0.340 e. The van der Waals surface area contributed by atoms with Crippen LogP contribution in [0.4, 0.5) is 5.00 Å². The number of rotatable bonds is 2. The van der Waals surface area contributed by atoms with Crippen LogP contribution in [-0.2, 0) is 9.47 Å². The largest absolute Gasteiger partial charge is 0.465 e. The molecule has 0 unspecified atom stereocenters. The second kappa shape index (κ2) is 6.31. The topological polar surface area (TPSA) is 50.8 Å². The number of thiophene rings is 1. The summed E-state index contributed by atoms with van der Waals surface area (Å²) in [5, 5.41) is 4.49. The van der Waals surface area contributed by atoms with Crippen molar-refractivity contribution in [3.8, 4) is 0 Å². The number of ether oxygens (including phenoxy) is 2. The number of carbonyl (C=O) groups excluding carboxylic acids is 1. The highest BCUT2D eigenvalue weighted by molar-refractivity contribution is 7.80. The summed E-state index contributed by atoms with van der Waals surface area (Å²) < 4.78 is 10.1. The van der Waals surface area contributed by atoms with E-state index in [-0.39, 0.29) is 5.97 Å². The predicted molar refractivity (Wildman–Crippen MR) is 79.0 cm³/mol. The lowest BCUT2D eigenvalue weighted by atomic mass is 10.3. The first kappa shape index (κ1) is 14.2. The molecule has 1 aromatic rings. The Morgan fingerprint density at radius 2 is 2.21 bits per heavy atom. The Kier molecular flexibility index (Phi) is 4.73. The Balaban J connectivity index is 2.09. The summed E-state index contributed by atoms with van der Waals surface area (Å²) in [4.78, 5) is 14.7. The van der Waals surface area contributed by atoms with E-state index >= 15 is 0 Å². The number of thiocarbonyl (C=S) groups is 1. The van der Waals surface area contributed by atoms with Gasteiger partial charge in [-0.05, 0) is 25.2 Å². The molecule has 0 radical (unpaired) electrons. The van der Waals surface area contributed by atoms with Gasteiger partial charge in [0.15, 0.2) is 5.11 Å². The number of hydrogen-bond acceptors (Lipinski definition) is 5. The molecule has 0 spiro atoms. The highest BCUT2D eigenvalue weighted by Gasteiger charge is 2.19. The van der Waals surface area contributed by atoms with Gasteiger partial charge in [0.1, 0.15) is 5.00 Å². The molecule has 0 bridgehead atoms. The van der Waals surface area contributed by atoms with E-state index in [1.54, 1.807) is 6.07 Å². The van der Waals surface area contributed by atoms with Crippen molar-refractivity contribution in [1.82, 2.24) is 4.90 Å². The Morgan fingerprint density at radius 1 is 1.53 bits per heavy atom. The summed E-state index contributed by atoms with van der Waals surface area (Å²) in [5.41, 5.74) is 0.528. The van der Waals surface area contributed by atoms with Crippen molar-refractivity contribution < 1.29 is 14.3 Å². The summed E-state index contributed by atoms with van der Waals surface area (Å²) in [6.07, 6.45) is 0. The third-order valence-electron chi connectivity index (χ3n) is 2.78. The minimum Gasteiger partial charge on any atom is -0.465 e. The molecule has 1 saturated heterocycles. The number of nitrogens with one attached hydrogen (secondary N) is 1. The number of hydrogen-bond donors (Lipinski definition) is 1. The second-order valence-corrected chi connectivity index (χ2v) is 5.76. The van der Waals surface area contributed by atoms with E-state index in [4.69, 9.17) is 21.7 Å². The molecule has 2 rings (SSSR count). The minimum atomic E-state index is -0.350. The maximum absolute atomic E-state index is 11.7. The zero-order chi connectivity index (χ0) is 13.8. The molecule has 0 amide bonds. The van der Waals surface area contributed by atoms with Gasteiger partial charge >= 0.3 is 5.97 Å². The Bertz CT molecular complexity index is 481. The molecule has 1 N–H and O–H groups in total. The quantitative estimate of drug-likeness (QED) is 0.665. The third kappa shape index (κ3) is 3.43. The van der Waals surface area contributed by atoms with Crippen molar-refractivity contribution >= 4 is 39.6 Å². The summed E-state index contributed by atoms with van der Waals surface area (Å²) in [5.74, 6) is -0.350. The molecule has 1 aliphatic rings. The van der Waals surface area contributed by atoms with Gasteiger partial charge in [-0.25, -0.2) is 4.79 Å². The molecule has 104 valence electrons. The van der Waals surface area contributed by atoms with Crippen molar-refractivity contribution in [3.63, 3.8) is 0 Å². The summed E-state index contributed by atoms with van der Waals surface area (Å²) in [6.45, 7) is 4.83. The molecule has 1 aliphatic heterocycles. The summed E-state index contributed by atoms with van der Waals surface area (Å²) >= 11 is 6.85. The van der Waals surface area contributed by atoms with Crippen LogP contribution < -0.4 is 5.32 Å². The molecule has 0 atom stereocenters. The highest BCUT2D eigenvalue weighted by Crippen LogP contribution is 2.28. The van der Waals surface area contributed by atoms with Gasteiger partial charge in [-0.15, -0.1) is 11.3 Å². The average molecular weight is 300 g/mol. The number of morpholine rings is 1. The highest BCUT2D eigenvalue weighted by atomic mass is 32.1. The van der Waals surface area contributed by atoms with E-state index < -0.39 is 0 Å². The lowest BCUT2D eigenvalue weighted by Crippen LogP contribution is -2.42. The lowest BCUT2D eigenvalue weighted by Gasteiger charge is -2.29. The zero-order valence-corrected chi connectivity index (χ0v) is 12.5. The Labute approximate surface area is 121 Å². The van der Waals surface area contributed by atoms with Crippen LogP contribution in [0.3, 0.4) is 0 Å². The zero-order valence-electron chi connectivity index (χ0n) is 10.9. The molecular weight excluding hydrogens is 284 g/mol. The van der Waals surface area contributed by atoms with Crippen molar-refractivity contribution in [1.29, 1.82) is 0 Å². The van der Waals surface area contributed by atoms with Crippen molar-refractivity contribution in [3.05, 3.63) is 16.5 Å².